The van der Waals surface area contributed by atoms with Crippen LogP contribution in [-0.2, 0) is 6.54 Å². The molecular formula is C13H15N3O2. The van der Waals surface area contributed by atoms with Gasteiger partial charge < -0.3 is 15.4 Å². The van der Waals surface area contributed by atoms with E-state index in [2.05, 4.69) is 15.3 Å². The number of benzene rings is 1. The Morgan fingerprint density at radius 3 is 2.94 bits per heavy atom. The number of para-hydroxylation sites is 1. The number of aromatic amines is 1. The zero-order chi connectivity index (χ0) is 12.5. The van der Waals surface area contributed by atoms with E-state index in [1.165, 1.54) is 0 Å². The Labute approximate surface area is 104 Å². The number of H-pyrrole nitrogens is 1. The number of aromatic nitrogens is 2. The lowest BCUT2D eigenvalue weighted by Crippen LogP contribution is -2.44. The van der Waals surface area contributed by atoms with Gasteiger partial charge in [0, 0.05) is 6.04 Å². The molecule has 94 valence electrons. The summed E-state index contributed by atoms with van der Waals surface area (Å²) < 4.78 is 0. The maximum atomic E-state index is 11.8. The van der Waals surface area contributed by atoms with Gasteiger partial charge in [0.15, 0.2) is 0 Å². The zero-order valence-corrected chi connectivity index (χ0v) is 9.89. The van der Waals surface area contributed by atoms with Gasteiger partial charge in [-0.15, -0.1) is 0 Å². The van der Waals surface area contributed by atoms with Crippen LogP contribution in [0.1, 0.15) is 18.7 Å². The molecule has 1 heterocycles. The molecule has 0 amide bonds. The lowest BCUT2D eigenvalue weighted by atomic mass is 9.89. The smallest absolute Gasteiger partial charge is 0.258 e. The largest absolute Gasteiger partial charge is 0.393 e. The lowest BCUT2D eigenvalue weighted by Gasteiger charge is -2.31. The van der Waals surface area contributed by atoms with Gasteiger partial charge in [0.25, 0.3) is 5.56 Å². The molecule has 3 rings (SSSR count). The normalized spacial score (nSPS) is 22.9. The van der Waals surface area contributed by atoms with Crippen LogP contribution >= 0.6 is 0 Å². The average molecular weight is 245 g/mol. The van der Waals surface area contributed by atoms with Crippen molar-refractivity contribution in [3.05, 3.63) is 40.4 Å². The van der Waals surface area contributed by atoms with E-state index in [1.54, 1.807) is 6.07 Å². The summed E-state index contributed by atoms with van der Waals surface area (Å²) in [5, 5.41) is 13.1. The molecule has 1 saturated carbocycles. The third kappa shape index (κ3) is 2.14. The maximum absolute atomic E-state index is 11.8. The van der Waals surface area contributed by atoms with Crippen molar-refractivity contribution in [2.45, 2.75) is 31.5 Å². The second kappa shape index (κ2) is 4.51. The molecule has 2 aromatic rings. The molecule has 3 N–H and O–H groups in total. The Hall–Kier alpha value is -1.72. The minimum atomic E-state index is -0.175. The third-order valence-electron chi connectivity index (χ3n) is 3.33. The van der Waals surface area contributed by atoms with E-state index in [-0.39, 0.29) is 11.7 Å². The first kappa shape index (κ1) is 11.4. The van der Waals surface area contributed by atoms with Crippen LogP contribution in [0.3, 0.4) is 0 Å². The van der Waals surface area contributed by atoms with Crippen LogP contribution in [0, 0.1) is 0 Å². The maximum Gasteiger partial charge on any atom is 0.258 e. The third-order valence-corrected chi connectivity index (χ3v) is 3.33. The van der Waals surface area contributed by atoms with E-state index in [1.807, 2.05) is 18.2 Å². The van der Waals surface area contributed by atoms with Gasteiger partial charge in [-0.2, -0.15) is 0 Å². The van der Waals surface area contributed by atoms with Crippen molar-refractivity contribution in [1.82, 2.24) is 15.3 Å². The molecule has 0 radical (unpaired) electrons. The first-order valence-electron chi connectivity index (χ1n) is 6.12. The Bertz CT molecular complexity index is 617. The Balaban J connectivity index is 1.78. The van der Waals surface area contributed by atoms with Gasteiger partial charge in [0.1, 0.15) is 5.82 Å². The first-order valence-corrected chi connectivity index (χ1v) is 6.12. The van der Waals surface area contributed by atoms with Gasteiger partial charge in [-0.3, -0.25) is 4.79 Å². The van der Waals surface area contributed by atoms with E-state index in [0.717, 1.165) is 12.8 Å². The standard InChI is InChI=1S/C13H15N3O2/c17-9-5-8(6-9)14-7-12-15-11-4-2-1-3-10(11)13(18)16-12/h1-4,8-9,14,17H,5-7H2,(H,15,16,18). The highest BCUT2D eigenvalue weighted by atomic mass is 16.3. The van der Waals surface area contributed by atoms with Crippen molar-refractivity contribution in [3.63, 3.8) is 0 Å². The molecule has 0 unspecified atom stereocenters. The van der Waals surface area contributed by atoms with Crippen LogP contribution < -0.4 is 10.9 Å². The fraction of sp³-hybridized carbons (Fsp3) is 0.385. The zero-order valence-electron chi connectivity index (χ0n) is 9.89. The number of aliphatic hydroxyl groups excluding tert-OH is 1. The Morgan fingerprint density at radius 1 is 1.39 bits per heavy atom. The molecule has 1 aliphatic rings. The number of hydrogen-bond acceptors (Lipinski definition) is 4. The predicted molar refractivity (Wildman–Crippen MR) is 68.2 cm³/mol. The molecule has 0 bridgehead atoms. The predicted octanol–water partition coefficient (Wildman–Crippen LogP) is 0.536. The van der Waals surface area contributed by atoms with Crippen molar-refractivity contribution in [1.29, 1.82) is 0 Å². The molecule has 0 atom stereocenters. The Kier molecular flexibility index (Phi) is 2.85. The topological polar surface area (TPSA) is 78.0 Å². The number of fused-ring (bicyclic) bond motifs is 1. The Morgan fingerprint density at radius 2 is 2.17 bits per heavy atom. The van der Waals surface area contributed by atoms with Gasteiger partial charge in [-0.05, 0) is 25.0 Å². The minimum absolute atomic E-state index is 0.106. The van der Waals surface area contributed by atoms with Crippen LogP contribution in [0.25, 0.3) is 10.9 Å². The van der Waals surface area contributed by atoms with Gasteiger partial charge in [-0.1, -0.05) is 12.1 Å². The number of aliphatic hydroxyl groups is 1. The molecule has 1 fully saturated rings. The molecule has 5 nitrogen and oxygen atoms in total. The fourth-order valence-electron chi connectivity index (χ4n) is 2.21. The summed E-state index contributed by atoms with van der Waals surface area (Å²) in [7, 11) is 0. The number of hydrogen-bond donors (Lipinski definition) is 3. The van der Waals surface area contributed by atoms with Crippen molar-refractivity contribution in [3.8, 4) is 0 Å². The van der Waals surface area contributed by atoms with E-state index in [0.29, 0.717) is 29.3 Å². The molecule has 1 aliphatic carbocycles. The monoisotopic (exact) mass is 245 g/mol. The molecule has 1 aromatic heterocycles. The van der Waals surface area contributed by atoms with E-state index in [4.69, 9.17) is 0 Å². The quantitative estimate of drug-likeness (QED) is 0.737. The second-order valence-corrected chi connectivity index (χ2v) is 4.73. The highest BCUT2D eigenvalue weighted by molar-refractivity contribution is 5.77. The van der Waals surface area contributed by atoms with Gasteiger partial charge >= 0.3 is 0 Å². The molecule has 1 aromatic carbocycles. The van der Waals surface area contributed by atoms with Crippen molar-refractivity contribution in [2.75, 3.05) is 0 Å². The van der Waals surface area contributed by atoms with Crippen molar-refractivity contribution in [2.24, 2.45) is 0 Å². The molecule has 5 heteroatoms. The van der Waals surface area contributed by atoms with E-state index >= 15 is 0 Å². The summed E-state index contributed by atoms with van der Waals surface area (Å²) in [6.07, 6.45) is 1.38. The lowest BCUT2D eigenvalue weighted by molar-refractivity contribution is 0.0616. The summed E-state index contributed by atoms with van der Waals surface area (Å²) in [4.78, 5) is 19.0. The second-order valence-electron chi connectivity index (χ2n) is 4.73. The fourth-order valence-corrected chi connectivity index (χ4v) is 2.21. The average Bonchev–Trinajstić information content (AvgIpc) is 2.33. The first-order chi connectivity index (χ1) is 8.72. The van der Waals surface area contributed by atoms with Gasteiger partial charge in [0.05, 0.1) is 23.6 Å². The number of nitrogens with one attached hydrogen (secondary N) is 2. The summed E-state index contributed by atoms with van der Waals surface area (Å²) >= 11 is 0. The summed E-state index contributed by atoms with van der Waals surface area (Å²) in [6, 6.07) is 7.63. The molecule has 0 spiro atoms. The van der Waals surface area contributed by atoms with E-state index in [9.17, 15) is 9.90 Å². The van der Waals surface area contributed by atoms with Crippen LogP contribution in [0.15, 0.2) is 29.1 Å². The summed E-state index contributed by atoms with van der Waals surface area (Å²) in [5.41, 5.74) is 0.609. The van der Waals surface area contributed by atoms with Crippen molar-refractivity contribution >= 4 is 10.9 Å². The van der Waals surface area contributed by atoms with Crippen LogP contribution in [0.4, 0.5) is 0 Å². The van der Waals surface area contributed by atoms with E-state index < -0.39 is 0 Å². The molecular weight excluding hydrogens is 230 g/mol. The molecule has 0 saturated heterocycles. The molecule has 0 aliphatic heterocycles. The summed E-state index contributed by atoms with van der Waals surface area (Å²) in [6.45, 7) is 0.525. The van der Waals surface area contributed by atoms with Crippen LogP contribution in [-0.4, -0.2) is 27.2 Å². The number of nitrogens with zero attached hydrogens (tertiary/aromatic N) is 1. The van der Waals surface area contributed by atoms with Crippen LogP contribution in [0.5, 0.6) is 0 Å². The SMILES string of the molecule is O=c1[nH]c(CNC2CC(O)C2)nc2ccccc12. The van der Waals surface area contributed by atoms with Gasteiger partial charge in [0.2, 0.25) is 0 Å². The molecule has 18 heavy (non-hydrogen) atoms. The summed E-state index contributed by atoms with van der Waals surface area (Å²) in [5.74, 6) is 0.639. The van der Waals surface area contributed by atoms with Crippen LogP contribution in [0.2, 0.25) is 0 Å². The minimum Gasteiger partial charge on any atom is -0.393 e. The van der Waals surface area contributed by atoms with Crippen molar-refractivity contribution < 1.29 is 5.11 Å². The van der Waals surface area contributed by atoms with Gasteiger partial charge in [-0.25, -0.2) is 4.98 Å². The number of rotatable bonds is 3. The highest BCUT2D eigenvalue weighted by Gasteiger charge is 2.26. The highest BCUT2D eigenvalue weighted by Crippen LogP contribution is 2.19.